The molecule has 0 unspecified atom stereocenters. The van der Waals surface area contributed by atoms with E-state index in [4.69, 9.17) is 5.26 Å². The number of carbonyl (C=O) groups is 1. The van der Waals surface area contributed by atoms with Crippen LogP contribution in [0.1, 0.15) is 20.8 Å². The van der Waals surface area contributed by atoms with E-state index in [-0.39, 0.29) is 5.91 Å². The second kappa shape index (κ2) is 5.04. The molecule has 1 rings (SSSR count). The molecule has 0 aliphatic heterocycles. The normalized spacial score (nSPS) is 10.6. The number of benzene rings is 1. The molecule has 84 valence electrons. The number of rotatable bonds is 2. The quantitative estimate of drug-likeness (QED) is 0.631. The van der Waals surface area contributed by atoms with Crippen molar-refractivity contribution in [1.29, 1.82) is 5.26 Å². The molecule has 0 aromatic heterocycles. The fourth-order valence-corrected chi connectivity index (χ4v) is 1.36. The fraction of sp³-hybridized carbons (Fsp3) is 0.333. The van der Waals surface area contributed by atoms with Gasteiger partial charge in [-0.25, -0.2) is 0 Å². The molecule has 0 radical (unpaired) electrons. The third kappa shape index (κ3) is 3.59. The number of thiocyanates is 1. The first-order valence-corrected chi connectivity index (χ1v) is 5.72. The van der Waals surface area contributed by atoms with Crippen molar-refractivity contribution in [2.24, 2.45) is 5.41 Å². The van der Waals surface area contributed by atoms with Crippen LogP contribution in [0.5, 0.6) is 0 Å². The van der Waals surface area contributed by atoms with Crippen molar-refractivity contribution in [3.63, 3.8) is 0 Å². The Hall–Kier alpha value is -1.47. The largest absolute Gasteiger partial charge is 0.326 e. The Balaban J connectivity index is 2.70. The zero-order valence-corrected chi connectivity index (χ0v) is 10.4. The van der Waals surface area contributed by atoms with Crippen LogP contribution in [0.15, 0.2) is 29.2 Å². The van der Waals surface area contributed by atoms with E-state index < -0.39 is 5.41 Å². The van der Waals surface area contributed by atoms with Crippen molar-refractivity contribution in [3.05, 3.63) is 24.3 Å². The lowest BCUT2D eigenvalue weighted by molar-refractivity contribution is -0.123. The summed E-state index contributed by atoms with van der Waals surface area (Å²) in [6.45, 7) is 5.59. The van der Waals surface area contributed by atoms with Gasteiger partial charge in [-0.3, -0.25) is 4.79 Å². The number of nitriles is 1. The zero-order chi connectivity index (χ0) is 12.2. The minimum Gasteiger partial charge on any atom is -0.326 e. The van der Waals surface area contributed by atoms with Crippen molar-refractivity contribution in [3.8, 4) is 5.40 Å². The molecule has 0 fully saturated rings. The molecule has 1 aromatic carbocycles. The van der Waals surface area contributed by atoms with Gasteiger partial charge in [-0.1, -0.05) is 20.8 Å². The predicted octanol–water partition coefficient (Wildman–Crippen LogP) is 3.24. The molecule has 3 nitrogen and oxygen atoms in total. The Morgan fingerprint density at radius 2 is 1.88 bits per heavy atom. The first kappa shape index (κ1) is 12.6. The Labute approximate surface area is 99.8 Å². The van der Waals surface area contributed by atoms with Crippen molar-refractivity contribution in [2.45, 2.75) is 25.7 Å². The molecule has 0 heterocycles. The Morgan fingerprint density at radius 3 is 2.31 bits per heavy atom. The summed E-state index contributed by atoms with van der Waals surface area (Å²) in [6.07, 6.45) is 0. The monoisotopic (exact) mass is 234 g/mol. The third-order valence-electron chi connectivity index (χ3n) is 1.96. The number of nitrogens with one attached hydrogen (secondary N) is 1. The molecule has 0 saturated carbocycles. The number of hydrogen-bond acceptors (Lipinski definition) is 3. The summed E-state index contributed by atoms with van der Waals surface area (Å²) >= 11 is 1.10. The highest BCUT2D eigenvalue weighted by atomic mass is 32.2. The van der Waals surface area contributed by atoms with Crippen LogP contribution in [-0.2, 0) is 4.79 Å². The van der Waals surface area contributed by atoms with Gasteiger partial charge in [-0.2, -0.15) is 5.26 Å². The Bertz CT molecular complexity index is 412. The molecule has 4 heteroatoms. The van der Waals surface area contributed by atoms with E-state index in [9.17, 15) is 4.79 Å². The van der Waals surface area contributed by atoms with E-state index in [0.29, 0.717) is 0 Å². The van der Waals surface area contributed by atoms with Crippen LogP contribution >= 0.6 is 11.8 Å². The van der Waals surface area contributed by atoms with E-state index in [1.807, 2.05) is 38.3 Å². The van der Waals surface area contributed by atoms with E-state index in [0.717, 1.165) is 22.3 Å². The maximum Gasteiger partial charge on any atom is 0.229 e. The standard InChI is InChI=1S/C12H14N2OS/c1-12(2,3)11(15)14-9-4-6-10(7-5-9)16-8-13/h4-7H,1-3H3,(H,14,15). The van der Waals surface area contributed by atoms with E-state index in [1.165, 1.54) is 0 Å². The number of anilines is 1. The highest BCUT2D eigenvalue weighted by Crippen LogP contribution is 2.21. The van der Waals surface area contributed by atoms with Crippen LogP contribution in [0.2, 0.25) is 0 Å². The van der Waals surface area contributed by atoms with Gasteiger partial charge in [0.2, 0.25) is 5.91 Å². The Kier molecular flexibility index (Phi) is 3.97. The minimum absolute atomic E-state index is 0.0202. The molecule has 16 heavy (non-hydrogen) atoms. The van der Waals surface area contributed by atoms with Gasteiger partial charge in [0.25, 0.3) is 0 Å². The number of amides is 1. The summed E-state index contributed by atoms with van der Waals surface area (Å²) in [6, 6.07) is 7.21. The second-order valence-electron chi connectivity index (χ2n) is 4.42. The lowest BCUT2D eigenvalue weighted by Gasteiger charge is -2.17. The van der Waals surface area contributed by atoms with Gasteiger partial charge in [0.1, 0.15) is 5.40 Å². The first-order chi connectivity index (χ1) is 7.43. The van der Waals surface area contributed by atoms with Gasteiger partial charge in [0.15, 0.2) is 0 Å². The van der Waals surface area contributed by atoms with Crippen LogP contribution in [0, 0.1) is 16.1 Å². The zero-order valence-electron chi connectivity index (χ0n) is 9.57. The van der Waals surface area contributed by atoms with Gasteiger partial charge in [0, 0.05) is 16.0 Å². The number of carbonyl (C=O) groups excluding carboxylic acids is 1. The van der Waals surface area contributed by atoms with Crippen LogP contribution in [0.25, 0.3) is 0 Å². The summed E-state index contributed by atoms with van der Waals surface area (Å²) in [5, 5.41) is 13.3. The highest BCUT2D eigenvalue weighted by molar-refractivity contribution is 8.03. The molecular formula is C12H14N2OS. The average molecular weight is 234 g/mol. The second-order valence-corrected chi connectivity index (χ2v) is 5.28. The van der Waals surface area contributed by atoms with Crippen molar-refractivity contribution < 1.29 is 4.79 Å². The molecule has 0 spiro atoms. The SMILES string of the molecule is CC(C)(C)C(=O)Nc1ccc(SC#N)cc1. The molecular weight excluding hydrogens is 220 g/mol. The number of hydrogen-bond donors (Lipinski definition) is 1. The van der Waals surface area contributed by atoms with Gasteiger partial charge in [0.05, 0.1) is 0 Å². The van der Waals surface area contributed by atoms with E-state index in [1.54, 1.807) is 12.1 Å². The summed E-state index contributed by atoms with van der Waals surface area (Å²) in [5.41, 5.74) is 0.349. The molecule has 0 atom stereocenters. The van der Waals surface area contributed by atoms with Gasteiger partial charge < -0.3 is 5.32 Å². The van der Waals surface area contributed by atoms with E-state index >= 15 is 0 Å². The highest BCUT2D eigenvalue weighted by Gasteiger charge is 2.20. The summed E-state index contributed by atoms with van der Waals surface area (Å²) in [5.74, 6) is -0.0202. The average Bonchev–Trinajstić information content (AvgIpc) is 2.20. The van der Waals surface area contributed by atoms with Crippen molar-refractivity contribution in [1.82, 2.24) is 0 Å². The molecule has 0 saturated heterocycles. The maximum atomic E-state index is 11.7. The summed E-state index contributed by atoms with van der Waals surface area (Å²) in [4.78, 5) is 12.5. The topological polar surface area (TPSA) is 52.9 Å². The summed E-state index contributed by atoms with van der Waals surface area (Å²) in [7, 11) is 0. The number of nitrogens with zero attached hydrogens (tertiary/aromatic N) is 1. The fourth-order valence-electron chi connectivity index (χ4n) is 0.978. The van der Waals surface area contributed by atoms with Crippen molar-refractivity contribution >= 4 is 23.4 Å². The molecule has 0 aliphatic carbocycles. The van der Waals surface area contributed by atoms with E-state index in [2.05, 4.69) is 5.32 Å². The molecule has 1 amide bonds. The van der Waals surface area contributed by atoms with Crippen molar-refractivity contribution in [2.75, 3.05) is 5.32 Å². The van der Waals surface area contributed by atoms with Crippen LogP contribution < -0.4 is 5.32 Å². The maximum absolute atomic E-state index is 11.7. The summed E-state index contributed by atoms with van der Waals surface area (Å²) < 4.78 is 0. The first-order valence-electron chi connectivity index (χ1n) is 4.91. The minimum atomic E-state index is -0.403. The van der Waals surface area contributed by atoms with Gasteiger partial charge in [-0.15, -0.1) is 0 Å². The third-order valence-corrected chi connectivity index (χ3v) is 2.56. The molecule has 1 aromatic rings. The smallest absolute Gasteiger partial charge is 0.229 e. The van der Waals surface area contributed by atoms with Gasteiger partial charge in [-0.05, 0) is 36.0 Å². The molecule has 0 aliphatic rings. The lowest BCUT2D eigenvalue weighted by Crippen LogP contribution is -2.27. The van der Waals surface area contributed by atoms with Crippen LogP contribution in [0.4, 0.5) is 5.69 Å². The van der Waals surface area contributed by atoms with Crippen LogP contribution in [-0.4, -0.2) is 5.91 Å². The lowest BCUT2D eigenvalue weighted by atomic mass is 9.95. The molecule has 0 bridgehead atoms. The van der Waals surface area contributed by atoms with Crippen LogP contribution in [0.3, 0.4) is 0 Å². The number of thioether (sulfide) groups is 1. The Morgan fingerprint density at radius 1 is 1.31 bits per heavy atom. The molecule has 1 N–H and O–H groups in total. The predicted molar refractivity (Wildman–Crippen MR) is 66.0 cm³/mol. The van der Waals surface area contributed by atoms with Gasteiger partial charge >= 0.3 is 0 Å².